The number of carbonyl (C=O) groups is 2. The number of ether oxygens (including phenoxy) is 2. The third kappa shape index (κ3) is 2.69. The molecular formula is C11H12N2O5. The number of imide groups is 1. The number of benzene rings is 1. The van der Waals surface area contributed by atoms with Gasteiger partial charge < -0.3 is 20.3 Å². The first-order chi connectivity index (χ1) is 8.56. The normalized spacial score (nSPS) is 16.6. The zero-order chi connectivity index (χ0) is 13.1. The fourth-order valence-corrected chi connectivity index (χ4v) is 1.59. The van der Waals surface area contributed by atoms with Crippen LogP contribution in [-0.4, -0.2) is 30.3 Å². The zero-order valence-electron chi connectivity index (χ0n) is 9.38. The quantitative estimate of drug-likeness (QED) is 0.683. The van der Waals surface area contributed by atoms with Gasteiger partial charge in [-0.05, 0) is 12.1 Å². The van der Waals surface area contributed by atoms with Gasteiger partial charge in [0.2, 0.25) is 0 Å². The van der Waals surface area contributed by atoms with Crippen LogP contribution < -0.4 is 20.5 Å². The molecule has 0 bridgehead atoms. The van der Waals surface area contributed by atoms with E-state index in [4.69, 9.17) is 15.2 Å². The Morgan fingerprint density at radius 3 is 3.06 bits per heavy atom. The molecule has 1 aromatic rings. The maximum atomic E-state index is 11.1. The molecule has 96 valence electrons. The minimum absolute atomic E-state index is 0.209. The van der Waals surface area contributed by atoms with Gasteiger partial charge in [-0.3, -0.25) is 10.1 Å². The summed E-state index contributed by atoms with van der Waals surface area (Å²) in [7, 11) is 0. The maximum absolute atomic E-state index is 11.1. The van der Waals surface area contributed by atoms with Crippen molar-refractivity contribution < 1.29 is 24.2 Å². The fourth-order valence-electron chi connectivity index (χ4n) is 1.59. The molecule has 1 atom stereocenters. The number of nitrogens with one attached hydrogen (secondary N) is 1. The number of primary amides is 1. The van der Waals surface area contributed by atoms with Gasteiger partial charge in [-0.2, -0.15) is 0 Å². The average Bonchev–Trinajstić information content (AvgIpc) is 2.67. The van der Waals surface area contributed by atoms with Crippen molar-refractivity contribution in [1.82, 2.24) is 5.32 Å². The Balaban J connectivity index is 1.95. The molecular weight excluding hydrogens is 240 g/mol. The Morgan fingerprint density at radius 2 is 2.33 bits per heavy atom. The van der Waals surface area contributed by atoms with Crippen LogP contribution in [0.5, 0.6) is 11.5 Å². The van der Waals surface area contributed by atoms with Crippen LogP contribution in [0.2, 0.25) is 0 Å². The van der Waals surface area contributed by atoms with Crippen LogP contribution in [0.25, 0.3) is 0 Å². The number of fused-ring (bicyclic) bond motifs is 1. The molecule has 0 spiro atoms. The van der Waals surface area contributed by atoms with E-state index in [9.17, 15) is 14.7 Å². The van der Waals surface area contributed by atoms with Crippen LogP contribution >= 0.6 is 0 Å². The number of carbonyl (C=O) groups excluding carboxylic acids is 2. The lowest BCUT2D eigenvalue weighted by molar-refractivity contribution is -0.121. The van der Waals surface area contributed by atoms with Gasteiger partial charge >= 0.3 is 6.03 Å². The third-order valence-electron chi connectivity index (χ3n) is 2.37. The van der Waals surface area contributed by atoms with Crippen LogP contribution in [0, 0.1) is 0 Å². The van der Waals surface area contributed by atoms with Crippen LogP contribution in [-0.2, 0) is 4.79 Å². The summed E-state index contributed by atoms with van der Waals surface area (Å²) in [6, 6.07) is 3.91. The number of nitrogens with two attached hydrogens (primary N) is 1. The van der Waals surface area contributed by atoms with Crippen LogP contribution in [0.15, 0.2) is 18.2 Å². The van der Waals surface area contributed by atoms with E-state index in [2.05, 4.69) is 0 Å². The molecule has 1 heterocycles. The lowest BCUT2D eigenvalue weighted by atomic mass is 10.1. The Kier molecular flexibility index (Phi) is 3.33. The summed E-state index contributed by atoms with van der Waals surface area (Å²) >= 11 is 0. The van der Waals surface area contributed by atoms with Crippen molar-refractivity contribution in [2.45, 2.75) is 6.10 Å². The van der Waals surface area contributed by atoms with Crippen LogP contribution in [0.4, 0.5) is 4.79 Å². The molecule has 7 nitrogen and oxygen atoms in total. The third-order valence-corrected chi connectivity index (χ3v) is 2.37. The van der Waals surface area contributed by atoms with Gasteiger partial charge in [0.25, 0.3) is 5.91 Å². The van der Waals surface area contributed by atoms with Gasteiger partial charge in [-0.25, -0.2) is 4.79 Å². The second-order valence-electron chi connectivity index (χ2n) is 3.73. The standard InChI is InChI=1S/C11H12N2O5/c12-11(16)13-10(15)5-17-6-1-2-7-8(14)4-18-9(7)3-6/h1-3,8,14H,4-5H2,(H3,12,13,15,16). The highest BCUT2D eigenvalue weighted by atomic mass is 16.5. The van der Waals surface area contributed by atoms with Gasteiger partial charge in [0, 0.05) is 11.6 Å². The first-order valence-corrected chi connectivity index (χ1v) is 5.23. The molecule has 0 fully saturated rings. The highest BCUT2D eigenvalue weighted by molar-refractivity contribution is 5.94. The van der Waals surface area contributed by atoms with Crippen molar-refractivity contribution >= 4 is 11.9 Å². The molecule has 7 heteroatoms. The number of hydrogen-bond acceptors (Lipinski definition) is 5. The molecule has 1 aliphatic heterocycles. The first kappa shape index (κ1) is 12.2. The molecule has 0 radical (unpaired) electrons. The summed E-state index contributed by atoms with van der Waals surface area (Å²) in [4.78, 5) is 21.5. The predicted molar refractivity (Wildman–Crippen MR) is 60.1 cm³/mol. The minimum atomic E-state index is -0.927. The van der Waals surface area contributed by atoms with Gasteiger partial charge in [0.1, 0.15) is 24.2 Å². The summed E-state index contributed by atoms with van der Waals surface area (Å²) in [6.07, 6.45) is -0.632. The molecule has 2 rings (SSSR count). The van der Waals surface area contributed by atoms with Crippen molar-refractivity contribution in [2.75, 3.05) is 13.2 Å². The molecule has 0 saturated heterocycles. The SMILES string of the molecule is NC(=O)NC(=O)COc1ccc2c(c1)OCC2O. The Hall–Kier alpha value is -2.28. The highest BCUT2D eigenvalue weighted by Gasteiger charge is 2.22. The zero-order valence-corrected chi connectivity index (χ0v) is 9.38. The van der Waals surface area contributed by atoms with E-state index in [1.165, 1.54) is 0 Å². The average molecular weight is 252 g/mol. The molecule has 18 heavy (non-hydrogen) atoms. The molecule has 1 aromatic carbocycles. The second-order valence-corrected chi connectivity index (χ2v) is 3.73. The summed E-state index contributed by atoms with van der Waals surface area (Å²) in [6.45, 7) is -0.120. The molecule has 4 N–H and O–H groups in total. The van der Waals surface area contributed by atoms with Gasteiger partial charge in [0.05, 0.1) is 0 Å². The maximum Gasteiger partial charge on any atom is 0.318 e. The number of amides is 3. The smallest absolute Gasteiger partial charge is 0.318 e. The number of rotatable bonds is 3. The highest BCUT2D eigenvalue weighted by Crippen LogP contribution is 2.34. The Labute approximate surface area is 102 Å². The fraction of sp³-hybridized carbons (Fsp3) is 0.273. The Bertz CT molecular complexity index is 488. The number of aliphatic hydroxyl groups excluding tert-OH is 1. The van der Waals surface area contributed by atoms with Crippen molar-refractivity contribution in [1.29, 1.82) is 0 Å². The summed E-state index contributed by atoms with van der Waals surface area (Å²) < 4.78 is 10.4. The largest absolute Gasteiger partial charge is 0.490 e. The van der Waals surface area contributed by atoms with Crippen molar-refractivity contribution in [3.63, 3.8) is 0 Å². The molecule has 3 amide bonds. The lowest BCUT2D eigenvalue weighted by Crippen LogP contribution is -2.38. The van der Waals surface area contributed by atoms with Gasteiger partial charge in [-0.15, -0.1) is 0 Å². The number of aliphatic hydroxyl groups is 1. The second kappa shape index (κ2) is 4.92. The van der Waals surface area contributed by atoms with E-state index in [1.807, 2.05) is 5.32 Å². The van der Waals surface area contributed by atoms with Gasteiger partial charge in [-0.1, -0.05) is 0 Å². The van der Waals surface area contributed by atoms with Gasteiger partial charge in [0.15, 0.2) is 6.61 Å². The monoisotopic (exact) mass is 252 g/mol. The molecule has 0 saturated carbocycles. The van der Waals surface area contributed by atoms with E-state index >= 15 is 0 Å². The molecule has 0 aromatic heterocycles. The minimum Gasteiger partial charge on any atom is -0.490 e. The molecule has 1 unspecified atom stereocenters. The summed E-state index contributed by atoms with van der Waals surface area (Å²) in [5.74, 6) is 0.293. The van der Waals surface area contributed by atoms with Crippen LogP contribution in [0.3, 0.4) is 0 Å². The van der Waals surface area contributed by atoms with Crippen LogP contribution in [0.1, 0.15) is 11.7 Å². The van der Waals surface area contributed by atoms with Crippen molar-refractivity contribution in [3.05, 3.63) is 23.8 Å². The molecule has 0 aliphatic carbocycles. The van der Waals surface area contributed by atoms with E-state index in [0.29, 0.717) is 17.1 Å². The van der Waals surface area contributed by atoms with E-state index in [0.717, 1.165) is 0 Å². The van der Waals surface area contributed by atoms with E-state index in [1.54, 1.807) is 18.2 Å². The lowest BCUT2D eigenvalue weighted by Gasteiger charge is -2.07. The molecule has 1 aliphatic rings. The first-order valence-electron chi connectivity index (χ1n) is 5.23. The van der Waals surface area contributed by atoms with Crippen molar-refractivity contribution in [3.8, 4) is 11.5 Å². The number of urea groups is 1. The Morgan fingerprint density at radius 1 is 1.56 bits per heavy atom. The van der Waals surface area contributed by atoms with E-state index < -0.39 is 18.0 Å². The summed E-state index contributed by atoms with van der Waals surface area (Å²) in [5.41, 5.74) is 5.46. The topological polar surface area (TPSA) is 111 Å². The van der Waals surface area contributed by atoms with Crippen molar-refractivity contribution in [2.24, 2.45) is 5.73 Å². The predicted octanol–water partition coefficient (Wildman–Crippen LogP) is -0.314. The van der Waals surface area contributed by atoms with E-state index in [-0.39, 0.29) is 13.2 Å². The summed E-state index contributed by atoms with van der Waals surface area (Å²) in [5, 5.41) is 11.4. The number of hydrogen-bond donors (Lipinski definition) is 3.